The van der Waals surface area contributed by atoms with Crippen LogP contribution in [0.2, 0.25) is 0 Å². The molecule has 4 heteroatoms. The van der Waals surface area contributed by atoms with E-state index in [9.17, 15) is 0 Å². The highest BCUT2D eigenvalue weighted by Gasteiger charge is 2.03. The Morgan fingerprint density at radius 1 is 1.53 bits per heavy atom. The van der Waals surface area contributed by atoms with E-state index >= 15 is 0 Å². The lowest BCUT2D eigenvalue weighted by atomic mass is 10.1. The first-order valence-electron chi connectivity index (χ1n) is 4.69. The summed E-state index contributed by atoms with van der Waals surface area (Å²) in [6, 6.07) is 6.18. The predicted octanol–water partition coefficient (Wildman–Crippen LogP) is 3.59. The van der Waals surface area contributed by atoms with E-state index in [1.807, 2.05) is 22.8 Å². The van der Waals surface area contributed by atoms with Gasteiger partial charge in [0.05, 0.1) is 18.1 Å². The summed E-state index contributed by atoms with van der Waals surface area (Å²) >= 11 is 2.33. The predicted molar refractivity (Wildman–Crippen MR) is 74.6 cm³/mol. The zero-order valence-electron chi connectivity index (χ0n) is 8.29. The van der Waals surface area contributed by atoms with Crippen molar-refractivity contribution in [1.82, 2.24) is 9.55 Å². The van der Waals surface area contributed by atoms with Gasteiger partial charge in [-0.25, -0.2) is 4.45 Å². The lowest BCUT2D eigenvalue weighted by molar-refractivity contribution is 1.04. The molecule has 2 nitrogen and oxygen atoms in total. The highest BCUT2D eigenvalue weighted by molar-refractivity contribution is 14.2. The normalized spacial score (nSPS) is 10.8. The van der Waals surface area contributed by atoms with E-state index in [0.717, 1.165) is 17.4 Å². The van der Waals surface area contributed by atoms with Crippen LogP contribution in [0.5, 0.6) is 0 Å². The minimum atomic E-state index is 0.634. The van der Waals surface area contributed by atoms with Crippen LogP contribution in [0, 0.1) is 11.8 Å². The number of benzene rings is 1. The number of fused-ring (bicyclic) bond motifs is 1. The van der Waals surface area contributed by atoms with Gasteiger partial charge in [-0.15, -0.1) is 0 Å². The van der Waals surface area contributed by atoms with E-state index in [-0.39, 0.29) is 0 Å². The summed E-state index contributed by atoms with van der Waals surface area (Å²) in [4.78, 5) is 0. The average molecular weight is 328 g/mol. The molecule has 0 aliphatic rings. The molecule has 0 amide bonds. The van der Waals surface area contributed by atoms with Gasteiger partial charge in [0.25, 0.3) is 0 Å². The standard InChI is InChI=1S/C11H10IN2P/c1-2-3-5-9-6-4-7-11-10(9)8-13-14(11)15-12/h4,6-8,15H,2H2,1H3. The molecule has 1 heterocycles. The first kappa shape index (κ1) is 10.9. The van der Waals surface area contributed by atoms with Gasteiger partial charge in [0, 0.05) is 17.4 Å². The van der Waals surface area contributed by atoms with Crippen molar-refractivity contribution < 1.29 is 0 Å². The van der Waals surface area contributed by atoms with E-state index in [4.69, 9.17) is 0 Å². The molecule has 0 N–H and O–H groups in total. The molecule has 1 aromatic heterocycles. The van der Waals surface area contributed by atoms with Crippen molar-refractivity contribution in [2.45, 2.75) is 13.3 Å². The van der Waals surface area contributed by atoms with Crippen LogP contribution in [0.4, 0.5) is 0 Å². The van der Waals surface area contributed by atoms with E-state index in [0.29, 0.717) is 6.37 Å². The molecule has 0 aliphatic carbocycles. The highest BCUT2D eigenvalue weighted by atomic mass is 127. The van der Waals surface area contributed by atoms with E-state index in [1.165, 1.54) is 5.52 Å². The van der Waals surface area contributed by atoms with Crippen LogP contribution in [0.3, 0.4) is 0 Å². The van der Waals surface area contributed by atoms with Gasteiger partial charge < -0.3 is 0 Å². The molecule has 0 spiro atoms. The third-order valence-corrected chi connectivity index (χ3v) is 3.98. The second kappa shape index (κ2) is 4.96. The summed E-state index contributed by atoms with van der Waals surface area (Å²) < 4.78 is 2.01. The molecule has 1 atom stereocenters. The fraction of sp³-hybridized carbons (Fsp3) is 0.182. The molecule has 0 radical (unpaired) electrons. The van der Waals surface area contributed by atoms with Gasteiger partial charge in [0.1, 0.15) is 0 Å². The average Bonchev–Trinajstić information content (AvgIpc) is 2.69. The summed E-state index contributed by atoms with van der Waals surface area (Å²) in [5.74, 6) is 6.27. The zero-order chi connectivity index (χ0) is 10.7. The molecular weight excluding hydrogens is 318 g/mol. The molecule has 0 aliphatic heterocycles. The molecule has 76 valence electrons. The van der Waals surface area contributed by atoms with E-state index in [1.54, 1.807) is 0 Å². The smallest absolute Gasteiger partial charge is 0.0742 e. The Morgan fingerprint density at radius 2 is 2.40 bits per heavy atom. The molecule has 15 heavy (non-hydrogen) atoms. The van der Waals surface area contributed by atoms with Crippen molar-refractivity contribution in [3.05, 3.63) is 30.0 Å². The summed E-state index contributed by atoms with van der Waals surface area (Å²) in [6.45, 7) is 2.06. The molecule has 1 aromatic carbocycles. The van der Waals surface area contributed by atoms with Crippen LogP contribution in [0.1, 0.15) is 18.9 Å². The van der Waals surface area contributed by atoms with Gasteiger partial charge in [0.2, 0.25) is 0 Å². The molecule has 0 saturated carbocycles. The number of rotatable bonds is 1. The maximum Gasteiger partial charge on any atom is 0.0742 e. The van der Waals surface area contributed by atoms with Crippen LogP contribution < -0.4 is 0 Å². The first-order valence-corrected chi connectivity index (χ1v) is 8.75. The quantitative estimate of drug-likeness (QED) is 0.444. The van der Waals surface area contributed by atoms with Crippen LogP contribution in [0.25, 0.3) is 10.9 Å². The lowest BCUT2D eigenvalue weighted by Gasteiger charge is -1.97. The Kier molecular flexibility index (Phi) is 3.61. The Balaban J connectivity index is 2.61. The largest absolute Gasteiger partial charge is 0.237 e. The molecule has 2 rings (SSSR count). The van der Waals surface area contributed by atoms with Gasteiger partial charge in [-0.2, -0.15) is 5.10 Å². The van der Waals surface area contributed by atoms with Gasteiger partial charge in [0.15, 0.2) is 0 Å². The third kappa shape index (κ3) is 2.16. The highest BCUT2D eigenvalue weighted by Crippen LogP contribution is 2.29. The molecule has 1 unspecified atom stereocenters. The Morgan fingerprint density at radius 3 is 3.13 bits per heavy atom. The molecule has 0 saturated heterocycles. The van der Waals surface area contributed by atoms with Gasteiger partial charge in [-0.3, -0.25) is 0 Å². The van der Waals surface area contributed by atoms with Gasteiger partial charge in [-0.1, -0.05) is 24.8 Å². The summed E-state index contributed by atoms with van der Waals surface area (Å²) in [7, 11) is 0. The van der Waals surface area contributed by atoms with Gasteiger partial charge >= 0.3 is 0 Å². The van der Waals surface area contributed by atoms with Crippen LogP contribution in [0.15, 0.2) is 24.4 Å². The third-order valence-electron chi connectivity index (χ3n) is 2.09. The second-order valence-corrected chi connectivity index (χ2v) is 5.07. The van der Waals surface area contributed by atoms with Crippen LogP contribution in [-0.2, 0) is 0 Å². The summed E-state index contributed by atoms with van der Waals surface area (Å²) in [5.41, 5.74) is 2.25. The number of nitrogens with zero attached hydrogens (tertiary/aromatic N) is 2. The Bertz CT molecular complexity index is 536. The van der Waals surface area contributed by atoms with Crippen molar-refractivity contribution in [3.63, 3.8) is 0 Å². The van der Waals surface area contributed by atoms with Crippen molar-refractivity contribution in [3.8, 4) is 11.8 Å². The fourth-order valence-corrected chi connectivity index (χ4v) is 2.95. The van der Waals surface area contributed by atoms with Crippen molar-refractivity contribution in [1.29, 1.82) is 0 Å². The van der Waals surface area contributed by atoms with E-state index < -0.39 is 0 Å². The molecule has 0 fully saturated rings. The van der Waals surface area contributed by atoms with E-state index in [2.05, 4.69) is 52.0 Å². The molecule has 0 bridgehead atoms. The zero-order valence-corrected chi connectivity index (χ0v) is 11.4. The van der Waals surface area contributed by atoms with Crippen molar-refractivity contribution in [2.24, 2.45) is 0 Å². The fourth-order valence-electron chi connectivity index (χ4n) is 1.41. The van der Waals surface area contributed by atoms with Crippen LogP contribution >= 0.6 is 28.4 Å². The Hall–Kier alpha value is -0.590. The number of aromatic nitrogens is 2. The maximum atomic E-state index is 4.34. The van der Waals surface area contributed by atoms with Crippen LogP contribution in [-0.4, -0.2) is 9.55 Å². The summed E-state index contributed by atoms with van der Waals surface area (Å²) in [6.07, 6.45) is 3.43. The number of halogens is 1. The number of hydrogen-bond donors (Lipinski definition) is 0. The minimum Gasteiger partial charge on any atom is -0.237 e. The maximum absolute atomic E-state index is 4.34. The second-order valence-electron chi connectivity index (χ2n) is 3.03. The first-order chi connectivity index (χ1) is 7.36. The van der Waals surface area contributed by atoms with Crippen molar-refractivity contribution >= 4 is 39.3 Å². The SMILES string of the molecule is CCC#Cc1cccc2c1cnn2PI. The van der Waals surface area contributed by atoms with Gasteiger partial charge in [-0.05, 0) is 34.2 Å². The molecule has 2 aromatic rings. The van der Waals surface area contributed by atoms with Crippen molar-refractivity contribution in [2.75, 3.05) is 0 Å². The topological polar surface area (TPSA) is 17.8 Å². The Labute approximate surface area is 104 Å². The number of hydrogen-bond acceptors (Lipinski definition) is 1. The monoisotopic (exact) mass is 328 g/mol. The summed E-state index contributed by atoms with van der Waals surface area (Å²) in [5, 5.41) is 5.49. The lowest BCUT2D eigenvalue weighted by Crippen LogP contribution is -1.82. The molecular formula is C11H10IN2P. The minimum absolute atomic E-state index is 0.634.